The smallest absolute Gasteiger partial charge is 0.227 e. The summed E-state index contributed by atoms with van der Waals surface area (Å²) in [5.41, 5.74) is 2.17. The molecule has 0 saturated carbocycles. The summed E-state index contributed by atoms with van der Waals surface area (Å²) in [4.78, 5) is 12.4. The van der Waals surface area contributed by atoms with Crippen molar-refractivity contribution in [3.8, 4) is 0 Å². The molecule has 21 heavy (non-hydrogen) atoms. The fraction of sp³-hybridized carbons (Fsp3) is 0.526. The van der Waals surface area contributed by atoms with Gasteiger partial charge in [-0.05, 0) is 50.7 Å². The molecule has 0 bridgehead atoms. The first-order valence-corrected chi connectivity index (χ1v) is 8.22. The van der Waals surface area contributed by atoms with Crippen LogP contribution in [0, 0.1) is 5.92 Å². The van der Waals surface area contributed by atoms with Crippen molar-refractivity contribution < 1.29 is 4.79 Å². The quantitative estimate of drug-likeness (QED) is 0.481. The second-order valence-corrected chi connectivity index (χ2v) is 5.46. The zero-order valence-corrected chi connectivity index (χ0v) is 13.7. The van der Waals surface area contributed by atoms with Gasteiger partial charge in [0.2, 0.25) is 5.91 Å². The van der Waals surface area contributed by atoms with Gasteiger partial charge in [0.25, 0.3) is 0 Å². The van der Waals surface area contributed by atoms with E-state index < -0.39 is 0 Å². The van der Waals surface area contributed by atoms with Crippen molar-refractivity contribution in [3.05, 3.63) is 42.0 Å². The Morgan fingerprint density at radius 1 is 1.24 bits per heavy atom. The average Bonchev–Trinajstić information content (AvgIpc) is 2.51. The molecule has 1 atom stereocenters. The van der Waals surface area contributed by atoms with Crippen LogP contribution in [0.4, 0.5) is 5.69 Å². The van der Waals surface area contributed by atoms with Crippen molar-refractivity contribution in [2.24, 2.45) is 5.92 Å². The van der Waals surface area contributed by atoms with Gasteiger partial charge < -0.3 is 5.32 Å². The van der Waals surface area contributed by atoms with Crippen LogP contribution in [0.2, 0.25) is 0 Å². The van der Waals surface area contributed by atoms with E-state index in [0.29, 0.717) is 0 Å². The molecule has 0 aliphatic heterocycles. The lowest BCUT2D eigenvalue weighted by Gasteiger charge is -2.16. The Hall–Kier alpha value is -1.57. The topological polar surface area (TPSA) is 29.1 Å². The number of carbonyl (C=O) groups is 1. The van der Waals surface area contributed by atoms with Crippen molar-refractivity contribution in [2.45, 2.75) is 59.3 Å². The number of hydrogen-bond acceptors (Lipinski definition) is 1. The van der Waals surface area contributed by atoms with Crippen LogP contribution in [0.25, 0.3) is 0 Å². The molecule has 1 amide bonds. The van der Waals surface area contributed by atoms with Crippen LogP contribution >= 0.6 is 0 Å². The monoisotopic (exact) mass is 287 g/mol. The number of aryl methyl sites for hydroxylation is 1. The maximum atomic E-state index is 12.4. The Bertz CT molecular complexity index is 451. The minimum absolute atomic E-state index is 0.125. The number of amides is 1. The highest BCUT2D eigenvalue weighted by atomic mass is 16.1. The van der Waals surface area contributed by atoms with E-state index in [1.54, 1.807) is 0 Å². The van der Waals surface area contributed by atoms with Crippen LogP contribution in [-0.2, 0) is 11.2 Å². The third kappa shape index (κ3) is 6.16. The summed E-state index contributed by atoms with van der Waals surface area (Å²) in [5, 5.41) is 3.11. The number of nitrogens with one attached hydrogen (secondary N) is 1. The third-order valence-corrected chi connectivity index (χ3v) is 3.93. The number of unbranched alkanes of at least 4 members (excludes halogenated alkanes) is 2. The Kier molecular flexibility index (Phi) is 8.49. The summed E-state index contributed by atoms with van der Waals surface area (Å²) < 4.78 is 0. The van der Waals surface area contributed by atoms with E-state index in [9.17, 15) is 4.79 Å². The minimum Gasteiger partial charge on any atom is -0.326 e. The zero-order valence-electron chi connectivity index (χ0n) is 13.7. The van der Waals surface area contributed by atoms with Crippen molar-refractivity contribution >= 4 is 11.6 Å². The highest BCUT2D eigenvalue weighted by molar-refractivity contribution is 5.93. The Morgan fingerprint density at radius 2 is 2.00 bits per heavy atom. The van der Waals surface area contributed by atoms with Gasteiger partial charge in [-0.1, -0.05) is 50.6 Å². The molecule has 0 aromatic heterocycles. The Balaban J connectivity index is 2.50. The molecule has 2 nitrogen and oxygen atoms in total. The van der Waals surface area contributed by atoms with Crippen molar-refractivity contribution in [1.82, 2.24) is 0 Å². The second-order valence-electron chi connectivity index (χ2n) is 5.46. The lowest BCUT2D eigenvalue weighted by molar-refractivity contribution is -0.120. The molecule has 1 N–H and O–H groups in total. The fourth-order valence-electron chi connectivity index (χ4n) is 2.53. The zero-order chi connectivity index (χ0) is 15.5. The summed E-state index contributed by atoms with van der Waals surface area (Å²) in [5.74, 6) is 0.296. The van der Waals surface area contributed by atoms with Crippen molar-refractivity contribution in [2.75, 3.05) is 5.32 Å². The summed E-state index contributed by atoms with van der Waals surface area (Å²) in [6, 6.07) is 8.07. The van der Waals surface area contributed by atoms with Gasteiger partial charge in [0, 0.05) is 11.6 Å². The number of carbonyl (C=O) groups excluding carboxylic acids is 1. The first-order valence-electron chi connectivity index (χ1n) is 8.22. The largest absolute Gasteiger partial charge is 0.326 e. The van der Waals surface area contributed by atoms with Gasteiger partial charge in [-0.2, -0.15) is 0 Å². The molecule has 1 unspecified atom stereocenters. The van der Waals surface area contributed by atoms with Crippen LogP contribution in [0.1, 0.15) is 58.4 Å². The SMILES string of the molecule is CC=CCCCCC(CC)C(=O)Nc1ccccc1CC. The lowest BCUT2D eigenvalue weighted by atomic mass is 9.97. The number of anilines is 1. The Labute approximate surface area is 129 Å². The first-order chi connectivity index (χ1) is 10.2. The highest BCUT2D eigenvalue weighted by Gasteiger charge is 2.16. The molecular formula is C19H29NO. The molecule has 0 aliphatic rings. The average molecular weight is 287 g/mol. The van der Waals surface area contributed by atoms with E-state index >= 15 is 0 Å². The van der Waals surface area contributed by atoms with Gasteiger partial charge in [-0.25, -0.2) is 0 Å². The predicted octanol–water partition coefficient (Wildman–Crippen LogP) is 5.35. The molecule has 1 aromatic carbocycles. The predicted molar refractivity (Wildman–Crippen MR) is 91.5 cm³/mol. The fourth-order valence-corrected chi connectivity index (χ4v) is 2.53. The van der Waals surface area contributed by atoms with Crippen LogP contribution in [0.3, 0.4) is 0 Å². The molecule has 2 heteroatoms. The molecule has 0 fully saturated rings. The maximum absolute atomic E-state index is 12.4. The van der Waals surface area contributed by atoms with Gasteiger partial charge in [0.15, 0.2) is 0 Å². The number of para-hydroxylation sites is 1. The van der Waals surface area contributed by atoms with Crippen LogP contribution in [0.15, 0.2) is 36.4 Å². The number of rotatable bonds is 9. The Morgan fingerprint density at radius 3 is 2.67 bits per heavy atom. The van der Waals surface area contributed by atoms with E-state index in [2.05, 4.69) is 37.4 Å². The van der Waals surface area contributed by atoms with E-state index in [0.717, 1.165) is 37.8 Å². The van der Waals surface area contributed by atoms with Gasteiger partial charge >= 0.3 is 0 Å². The molecule has 0 spiro atoms. The van der Waals surface area contributed by atoms with Crippen molar-refractivity contribution in [1.29, 1.82) is 0 Å². The second kappa shape index (κ2) is 10.2. The number of hydrogen-bond donors (Lipinski definition) is 1. The molecule has 0 saturated heterocycles. The molecule has 116 valence electrons. The van der Waals surface area contributed by atoms with E-state index in [1.165, 1.54) is 12.0 Å². The third-order valence-electron chi connectivity index (χ3n) is 3.93. The van der Waals surface area contributed by atoms with Crippen molar-refractivity contribution in [3.63, 3.8) is 0 Å². The van der Waals surface area contributed by atoms with E-state index in [-0.39, 0.29) is 11.8 Å². The lowest BCUT2D eigenvalue weighted by Crippen LogP contribution is -2.23. The summed E-state index contributed by atoms with van der Waals surface area (Å²) in [6.07, 6.45) is 10.5. The van der Waals surface area contributed by atoms with Crippen LogP contribution in [0.5, 0.6) is 0 Å². The normalized spacial score (nSPS) is 12.5. The highest BCUT2D eigenvalue weighted by Crippen LogP contribution is 2.20. The molecule has 0 radical (unpaired) electrons. The van der Waals surface area contributed by atoms with Crippen LogP contribution < -0.4 is 5.32 Å². The van der Waals surface area contributed by atoms with Gasteiger partial charge in [0.1, 0.15) is 0 Å². The molecule has 0 heterocycles. The molecule has 0 aliphatic carbocycles. The first kappa shape index (κ1) is 17.5. The summed E-state index contributed by atoms with van der Waals surface area (Å²) >= 11 is 0. The minimum atomic E-state index is 0.125. The number of benzene rings is 1. The number of allylic oxidation sites excluding steroid dienone is 2. The van der Waals surface area contributed by atoms with Crippen LogP contribution in [-0.4, -0.2) is 5.91 Å². The standard InChI is InChI=1S/C19H29NO/c1-4-7-8-9-10-14-17(6-3)19(21)20-18-15-12-11-13-16(18)5-2/h4,7,11-13,15,17H,5-6,8-10,14H2,1-3H3,(H,20,21). The van der Waals surface area contributed by atoms with Gasteiger partial charge in [-0.15, -0.1) is 0 Å². The molecular weight excluding hydrogens is 258 g/mol. The van der Waals surface area contributed by atoms with E-state index in [4.69, 9.17) is 0 Å². The molecule has 1 rings (SSSR count). The maximum Gasteiger partial charge on any atom is 0.227 e. The van der Waals surface area contributed by atoms with Gasteiger partial charge in [0.05, 0.1) is 0 Å². The molecule has 1 aromatic rings. The van der Waals surface area contributed by atoms with Gasteiger partial charge in [-0.3, -0.25) is 4.79 Å². The summed E-state index contributed by atoms with van der Waals surface area (Å²) in [6.45, 7) is 6.26. The van der Waals surface area contributed by atoms with E-state index in [1.807, 2.05) is 25.1 Å². The summed E-state index contributed by atoms with van der Waals surface area (Å²) in [7, 11) is 0.